The zero-order valence-corrected chi connectivity index (χ0v) is 11.0. The van der Waals surface area contributed by atoms with Crippen LogP contribution in [0, 0.1) is 25.7 Å². The Morgan fingerprint density at radius 1 is 1.24 bits per heavy atom. The molecular formula is C15H21NO. The summed E-state index contributed by atoms with van der Waals surface area (Å²) in [5, 5.41) is 0. The highest BCUT2D eigenvalue weighted by Crippen LogP contribution is 2.23. The number of hydrogen-bond donors (Lipinski definition) is 1. The second kappa shape index (κ2) is 6.98. The van der Waals surface area contributed by atoms with Crippen LogP contribution in [0.2, 0.25) is 0 Å². The van der Waals surface area contributed by atoms with Crippen LogP contribution in [0.3, 0.4) is 0 Å². The smallest absolute Gasteiger partial charge is 0.135 e. The first-order valence-electron chi connectivity index (χ1n) is 6.03. The number of methoxy groups -OCH3 is 1. The molecule has 0 aromatic heterocycles. The lowest BCUT2D eigenvalue weighted by Gasteiger charge is -2.07. The molecule has 0 atom stereocenters. The maximum absolute atomic E-state index is 5.44. The minimum Gasteiger partial charge on any atom is -0.495 e. The van der Waals surface area contributed by atoms with Gasteiger partial charge in [-0.25, -0.2) is 0 Å². The van der Waals surface area contributed by atoms with Crippen molar-refractivity contribution in [3.8, 4) is 17.6 Å². The fraction of sp³-hybridized carbons (Fsp3) is 0.467. The molecule has 0 saturated heterocycles. The van der Waals surface area contributed by atoms with E-state index < -0.39 is 0 Å². The van der Waals surface area contributed by atoms with Crippen LogP contribution in [-0.4, -0.2) is 13.7 Å². The molecule has 2 heteroatoms. The molecule has 0 aliphatic carbocycles. The van der Waals surface area contributed by atoms with Crippen LogP contribution >= 0.6 is 0 Å². The first kappa shape index (κ1) is 13.6. The van der Waals surface area contributed by atoms with E-state index in [1.165, 1.54) is 11.1 Å². The first-order chi connectivity index (χ1) is 8.19. The van der Waals surface area contributed by atoms with Crippen LogP contribution in [0.4, 0.5) is 0 Å². The van der Waals surface area contributed by atoms with Gasteiger partial charge in [-0.1, -0.05) is 17.9 Å². The lowest BCUT2D eigenvalue weighted by atomic mass is 10.0. The van der Waals surface area contributed by atoms with Gasteiger partial charge in [0.05, 0.1) is 12.7 Å². The zero-order chi connectivity index (χ0) is 12.7. The Bertz CT molecular complexity index is 427. The number of rotatable bonds is 4. The van der Waals surface area contributed by atoms with Gasteiger partial charge in [-0.05, 0) is 50.4 Å². The van der Waals surface area contributed by atoms with Gasteiger partial charge >= 0.3 is 0 Å². The number of ether oxygens (including phenoxy) is 1. The average molecular weight is 231 g/mol. The van der Waals surface area contributed by atoms with Crippen LogP contribution in [0.25, 0.3) is 0 Å². The molecule has 0 unspecified atom stereocenters. The van der Waals surface area contributed by atoms with Crippen molar-refractivity contribution < 1.29 is 4.74 Å². The molecule has 17 heavy (non-hydrogen) atoms. The lowest BCUT2D eigenvalue weighted by Crippen LogP contribution is -1.97. The number of hydrogen-bond acceptors (Lipinski definition) is 2. The molecule has 0 saturated carbocycles. The molecule has 0 amide bonds. The minimum atomic E-state index is 0.745. The molecule has 0 aliphatic heterocycles. The molecule has 0 heterocycles. The molecule has 1 aromatic rings. The van der Waals surface area contributed by atoms with Crippen LogP contribution < -0.4 is 10.5 Å². The maximum Gasteiger partial charge on any atom is 0.135 e. The molecule has 0 spiro atoms. The third-order valence-electron chi connectivity index (χ3n) is 2.63. The Hall–Kier alpha value is -1.46. The van der Waals surface area contributed by atoms with Gasteiger partial charge in [0.25, 0.3) is 0 Å². The van der Waals surface area contributed by atoms with E-state index in [1.807, 2.05) is 6.07 Å². The predicted molar refractivity (Wildman–Crippen MR) is 72.3 cm³/mol. The molecule has 2 nitrogen and oxygen atoms in total. The average Bonchev–Trinajstić information content (AvgIpc) is 2.30. The molecule has 0 radical (unpaired) electrons. The summed E-state index contributed by atoms with van der Waals surface area (Å²) < 4.78 is 5.36. The Kier molecular flexibility index (Phi) is 5.59. The molecule has 2 N–H and O–H groups in total. The van der Waals surface area contributed by atoms with E-state index in [1.54, 1.807) is 7.11 Å². The second-order valence-electron chi connectivity index (χ2n) is 4.21. The molecule has 0 bridgehead atoms. The third kappa shape index (κ3) is 4.13. The van der Waals surface area contributed by atoms with Crippen molar-refractivity contribution in [3.05, 3.63) is 28.8 Å². The summed E-state index contributed by atoms with van der Waals surface area (Å²) in [5.74, 6) is 7.26. The highest BCUT2D eigenvalue weighted by molar-refractivity contribution is 5.52. The van der Waals surface area contributed by atoms with Gasteiger partial charge in [0.1, 0.15) is 5.75 Å². The summed E-state index contributed by atoms with van der Waals surface area (Å²) in [4.78, 5) is 0. The van der Waals surface area contributed by atoms with Crippen LogP contribution in [0.1, 0.15) is 36.0 Å². The molecule has 1 aromatic carbocycles. The SMILES string of the molecule is COc1cc(C)cc(C)c1C#CCCCCN. The van der Waals surface area contributed by atoms with E-state index in [0.29, 0.717) is 0 Å². The fourth-order valence-corrected chi connectivity index (χ4v) is 1.76. The topological polar surface area (TPSA) is 35.2 Å². The van der Waals surface area contributed by atoms with Gasteiger partial charge < -0.3 is 10.5 Å². The van der Waals surface area contributed by atoms with Gasteiger partial charge in [-0.15, -0.1) is 0 Å². The second-order valence-corrected chi connectivity index (χ2v) is 4.21. The Morgan fingerprint density at radius 2 is 2.00 bits per heavy atom. The Labute approximate surface area is 104 Å². The monoisotopic (exact) mass is 231 g/mol. The highest BCUT2D eigenvalue weighted by Gasteiger charge is 2.04. The van der Waals surface area contributed by atoms with Crippen molar-refractivity contribution in [1.82, 2.24) is 0 Å². The lowest BCUT2D eigenvalue weighted by molar-refractivity contribution is 0.413. The van der Waals surface area contributed by atoms with Crippen molar-refractivity contribution in [2.45, 2.75) is 33.1 Å². The van der Waals surface area contributed by atoms with Gasteiger partial charge in [-0.3, -0.25) is 0 Å². The van der Waals surface area contributed by atoms with E-state index >= 15 is 0 Å². The van der Waals surface area contributed by atoms with Gasteiger partial charge in [-0.2, -0.15) is 0 Å². The summed E-state index contributed by atoms with van der Waals surface area (Å²) >= 11 is 0. The van der Waals surface area contributed by atoms with Crippen LogP contribution in [0.15, 0.2) is 12.1 Å². The quantitative estimate of drug-likeness (QED) is 0.639. The summed E-state index contributed by atoms with van der Waals surface area (Å²) in [5.41, 5.74) is 8.82. The van der Waals surface area contributed by atoms with Crippen molar-refractivity contribution >= 4 is 0 Å². The van der Waals surface area contributed by atoms with E-state index in [2.05, 4.69) is 31.8 Å². The van der Waals surface area contributed by atoms with Crippen molar-refractivity contribution in [2.75, 3.05) is 13.7 Å². The van der Waals surface area contributed by atoms with Gasteiger partial charge in [0.15, 0.2) is 0 Å². The Balaban J connectivity index is 2.82. The summed E-state index contributed by atoms with van der Waals surface area (Å²) in [6, 6.07) is 4.16. The number of aryl methyl sites for hydroxylation is 2. The number of unbranched alkanes of at least 4 members (excludes halogenated alkanes) is 2. The third-order valence-corrected chi connectivity index (χ3v) is 2.63. The van der Waals surface area contributed by atoms with Gasteiger partial charge in [0, 0.05) is 6.42 Å². The normalized spacial score (nSPS) is 9.65. The molecule has 1 rings (SSSR count). The molecule has 0 aliphatic rings. The molecular weight excluding hydrogens is 210 g/mol. The van der Waals surface area contributed by atoms with Gasteiger partial charge in [0.2, 0.25) is 0 Å². The standard InChI is InChI=1S/C15H21NO/c1-12-10-13(2)14(15(11-12)17-3)8-6-4-5-7-9-16/h10-11H,4-5,7,9,16H2,1-3H3. The van der Waals surface area contributed by atoms with E-state index in [-0.39, 0.29) is 0 Å². The van der Waals surface area contributed by atoms with E-state index in [4.69, 9.17) is 10.5 Å². The molecule has 92 valence electrons. The summed E-state index contributed by atoms with van der Waals surface area (Å²) in [7, 11) is 1.69. The number of benzene rings is 1. The van der Waals surface area contributed by atoms with Crippen LogP contribution in [0.5, 0.6) is 5.75 Å². The Morgan fingerprint density at radius 3 is 2.65 bits per heavy atom. The highest BCUT2D eigenvalue weighted by atomic mass is 16.5. The van der Waals surface area contributed by atoms with Crippen molar-refractivity contribution in [1.29, 1.82) is 0 Å². The van der Waals surface area contributed by atoms with Crippen molar-refractivity contribution in [3.63, 3.8) is 0 Å². The van der Waals surface area contributed by atoms with E-state index in [0.717, 1.165) is 37.1 Å². The summed E-state index contributed by atoms with van der Waals surface area (Å²) in [6.45, 7) is 4.88. The fourth-order valence-electron chi connectivity index (χ4n) is 1.76. The predicted octanol–water partition coefficient (Wildman–Crippen LogP) is 2.79. The first-order valence-corrected chi connectivity index (χ1v) is 6.03. The largest absolute Gasteiger partial charge is 0.495 e. The summed E-state index contributed by atoms with van der Waals surface area (Å²) in [6.07, 6.45) is 3.00. The van der Waals surface area contributed by atoms with E-state index in [9.17, 15) is 0 Å². The zero-order valence-electron chi connectivity index (χ0n) is 11.0. The minimum absolute atomic E-state index is 0.745. The van der Waals surface area contributed by atoms with Crippen molar-refractivity contribution in [2.24, 2.45) is 5.73 Å². The molecule has 0 fully saturated rings. The maximum atomic E-state index is 5.44. The van der Waals surface area contributed by atoms with Crippen LogP contribution in [-0.2, 0) is 0 Å². The number of nitrogens with two attached hydrogens (primary N) is 1.